The number of rotatable bonds is 4. The van der Waals surface area contributed by atoms with Crippen LogP contribution in [0.2, 0.25) is 0 Å². The molecule has 0 atom stereocenters. The van der Waals surface area contributed by atoms with Crippen LogP contribution in [0.5, 0.6) is 0 Å². The van der Waals surface area contributed by atoms with Crippen LogP contribution < -0.4 is 15.1 Å². The number of nitrogens with one attached hydrogen (secondary N) is 1. The maximum atomic E-state index is 12.8. The van der Waals surface area contributed by atoms with Crippen molar-refractivity contribution < 1.29 is 9.72 Å². The minimum Gasteiger partial charge on any atom is -0.367 e. The number of nitro groups is 1. The number of nitrogens with zero attached hydrogens (tertiary/aromatic N) is 3. The highest BCUT2D eigenvalue weighted by Crippen LogP contribution is 2.30. The number of anilines is 2. The molecule has 1 N–H and O–H groups in total. The predicted octanol–water partition coefficient (Wildman–Crippen LogP) is 2.28. The Labute approximate surface area is 146 Å². The summed E-state index contributed by atoms with van der Waals surface area (Å²) in [4.78, 5) is 26.9. The van der Waals surface area contributed by atoms with Gasteiger partial charge in [0.15, 0.2) is 0 Å². The largest absolute Gasteiger partial charge is 0.367 e. The minimum atomic E-state index is -0.475. The lowest BCUT2D eigenvalue weighted by Gasteiger charge is -2.33. The van der Waals surface area contributed by atoms with Gasteiger partial charge < -0.3 is 15.1 Å². The number of piperazine rings is 1. The van der Waals surface area contributed by atoms with Crippen LogP contribution in [-0.4, -0.2) is 44.1 Å². The standard InChI is InChI=1S/C18H20N4O3/c1-20(18(23)14-6-8-15(9-7-14)22(24)25)16-4-2-3-5-17(16)21-12-10-19-11-13-21/h2-9,19H,10-13H2,1H3. The number of hydrogen-bond acceptors (Lipinski definition) is 5. The fraction of sp³-hybridized carbons (Fsp3) is 0.278. The number of non-ortho nitro benzene ring substituents is 1. The fourth-order valence-corrected chi connectivity index (χ4v) is 2.95. The molecule has 1 aliphatic heterocycles. The van der Waals surface area contributed by atoms with Crippen LogP contribution in [0.15, 0.2) is 48.5 Å². The summed E-state index contributed by atoms with van der Waals surface area (Å²) in [5.74, 6) is -0.197. The van der Waals surface area contributed by atoms with Gasteiger partial charge in [-0.3, -0.25) is 14.9 Å². The van der Waals surface area contributed by atoms with E-state index in [0.717, 1.165) is 37.6 Å². The van der Waals surface area contributed by atoms with Crippen LogP contribution >= 0.6 is 0 Å². The highest BCUT2D eigenvalue weighted by atomic mass is 16.6. The normalized spacial score (nSPS) is 14.2. The number of carbonyl (C=O) groups is 1. The van der Waals surface area contributed by atoms with Gasteiger partial charge in [0.2, 0.25) is 0 Å². The molecule has 0 bridgehead atoms. The molecule has 2 aromatic carbocycles. The summed E-state index contributed by atoms with van der Waals surface area (Å²) in [6.07, 6.45) is 0. The smallest absolute Gasteiger partial charge is 0.269 e. The highest BCUT2D eigenvalue weighted by Gasteiger charge is 2.20. The third-order valence-electron chi connectivity index (χ3n) is 4.33. The maximum absolute atomic E-state index is 12.8. The van der Waals surface area contributed by atoms with E-state index in [1.165, 1.54) is 24.3 Å². The number of nitro benzene ring substituents is 1. The molecule has 1 heterocycles. The van der Waals surface area contributed by atoms with E-state index in [9.17, 15) is 14.9 Å². The van der Waals surface area contributed by atoms with Gasteiger partial charge in [-0.2, -0.15) is 0 Å². The van der Waals surface area contributed by atoms with E-state index in [-0.39, 0.29) is 11.6 Å². The fourth-order valence-electron chi connectivity index (χ4n) is 2.95. The summed E-state index contributed by atoms with van der Waals surface area (Å²) in [6.45, 7) is 3.59. The molecule has 0 spiro atoms. The molecular formula is C18H20N4O3. The van der Waals surface area contributed by atoms with Crippen LogP contribution in [0.4, 0.5) is 17.1 Å². The Kier molecular flexibility index (Phi) is 4.95. The lowest BCUT2D eigenvalue weighted by molar-refractivity contribution is -0.384. The number of benzene rings is 2. The van der Waals surface area contributed by atoms with Gasteiger partial charge in [0.1, 0.15) is 0 Å². The van der Waals surface area contributed by atoms with E-state index in [1.54, 1.807) is 11.9 Å². The molecule has 3 rings (SSSR count). The van der Waals surface area contributed by atoms with Crippen molar-refractivity contribution >= 4 is 23.0 Å². The number of hydrogen-bond donors (Lipinski definition) is 1. The van der Waals surface area contributed by atoms with E-state index in [1.807, 2.05) is 24.3 Å². The van der Waals surface area contributed by atoms with Gasteiger partial charge in [-0.15, -0.1) is 0 Å². The van der Waals surface area contributed by atoms with Gasteiger partial charge >= 0.3 is 0 Å². The monoisotopic (exact) mass is 340 g/mol. The molecule has 7 heteroatoms. The quantitative estimate of drug-likeness (QED) is 0.682. The maximum Gasteiger partial charge on any atom is 0.269 e. The second-order valence-corrected chi connectivity index (χ2v) is 5.89. The first-order chi connectivity index (χ1) is 12.1. The Bertz CT molecular complexity index is 770. The molecule has 0 aliphatic carbocycles. The van der Waals surface area contributed by atoms with Gasteiger partial charge in [-0.1, -0.05) is 12.1 Å². The Morgan fingerprint density at radius 3 is 2.40 bits per heavy atom. The first kappa shape index (κ1) is 16.9. The number of para-hydroxylation sites is 2. The molecule has 25 heavy (non-hydrogen) atoms. The predicted molar refractivity (Wildman–Crippen MR) is 97.4 cm³/mol. The lowest BCUT2D eigenvalue weighted by Crippen LogP contribution is -2.44. The van der Waals surface area contributed by atoms with Gasteiger partial charge in [0.05, 0.1) is 16.3 Å². The zero-order chi connectivity index (χ0) is 17.8. The summed E-state index contributed by atoms with van der Waals surface area (Å²) >= 11 is 0. The molecular weight excluding hydrogens is 320 g/mol. The molecule has 0 unspecified atom stereocenters. The molecule has 1 aliphatic rings. The van der Waals surface area contributed by atoms with E-state index in [4.69, 9.17) is 0 Å². The topological polar surface area (TPSA) is 78.7 Å². The molecule has 2 aromatic rings. The Hall–Kier alpha value is -2.93. The highest BCUT2D eigenvalue weighted by molar-refractivity contribution is 6.07. The molecule has 7 nitrogen and oxygen atoms in total. The first-order valence-corrected chi connectivity index (χ1v) is 8.15. The van der Waals surface area contributed by atoms with Gasteiger partial charge in [0, 0.05) is 50.9 Å². The van der Waals surface area contributed by atoms with Crippen molar-refractivity contribution in [1.82, 2.24) is 5.32 Å². The zero-order valence-electron chi connectivity index (χ0n) is 14.0. The van der Waals surface area contributed by atoms with Crippen molar-refractivity contribution in [3.05, 3.63) is 64.2 Å². The summed E-state index contributed by atoms with van der Waals surface area (Å²) in [5.41, 5.74) is 2.23. The third-order valence-corrected chi connectivity index (χ3v) is 4.33. The van der Waals surface area contributed by atoms with Gasteiger partial charge in [-0.25, -0.2) is 0 Å². The summed E-state index contributed by atoms with van der Waals surface area (Å²) < 4.78 is 0. The van der Waals surface area contributed by atoms with Crippen molar-refractivity contribution in [1.29, 1.82) is 0 Å². The molecule has 1 fully saturated rings. The first-order valence-electron chi connectivity index (χ1n) is 8.15. The minimum absolute atomic E-state index is 0.0274. The van der Waals surface area contributed by atoms with Crippen LogP contribution in [0, 0.1) is 10.1 Å². The van der Waals surface area contributed by atoms with Crippen molar-refractivity contribution in [3.8, 4) is 0 Å². The molecule has 0 saturated carbocycles. The number of amides is 1. The van der Waals surface area contributed by atoms with Crippen molar-refractivity contribution in [2.45, 2.75) is 0 Å². The van der Waals surface area contributed by atoms with Crippen LogP contribution in [0.3, 0.4) is 0 Å². The van der Waals surface area contributed by atoms with Gasteiger partial charge in [0.25, 0.3) is 11.6 Å². The zero-order valence-corrected chi connectivity index (χ0v) is 14.0. The van der Waals surface area contributed by atoms with E-state index in [0.29, 0.717) is 5.56 Å². The third kappa shape index (κ3) is 3.61. The van der Waals surface area contributed by atoms with Crippen molar-refractivity contribution in [2.24, 2.45) is 0 Å². The second kappa shape index (κ2) is 7.31. The Morgan fingerprint density at radius 1 is 1.12 bits per heavy atom. The summed E-state index contributed by atoms with van der Waals surface area (Å²) in [5, 5.41) is 14.1. The van der Waals surface area contributed by atoms with Gasteiger partial charge in [-0.05, 0) is 24.3 Å². The molecule has 0 aromatic heterocycles. The Balaban J connectivity index is 1.86. The number of carbonyl (C=O) groups excluding carboxylic acids is 1. The van der Waals surface area contributed by atoms with Crippen molar-refractivity contribution in [2.75, 3.05) is 43.0 Å². The van der Waals surface area contributed by atoms with Crippen LogP contribution in [0.1, 0.15) is 10.4 Å². The lowest BCUT2D eigenvalue weighted by atomic mass is 10.1. The molecule has 130 valence electrons. The second-order valence-electron chi connectivity index (χ2n) is 5.89. The summed E-state index contributed by atoms with van der Waals surface area (Å²) in [6, 6.07) is 13.5. The molecule has 1 saturated heterocycles. The van der Waals surface area contributed by atoms with Crippen LogP contribution in [0.25, 0.3) is 0 Å². The molecule has 1 amide bonds. The van der Waals surface area contributed by atoms with E-state index in [2.05, 4.69) is 10.2 Å². The summed E-state index contributed by atoms with van der Waals surface area (Å²) in [7, 11) is 1.73. The Morgan fingerprint density at radius 2 is 1.76 bits per heavy atom. The average Bonchev–Trinajstić information content (AvgIpc) is 2.67. The van der Waals surface area contributed by atoms with E-state index < -0.39 is 4.92 Å². The average molecular weight is 340 g/mol. The molecule has 0 radical (unpaired) electrons. The SMILES string of the molecule is CN(C(=O)c1ccc([N+](=O)[O-])cc1)c1ccccc1N1CCNCC1. The van der Waals surface area contributed by atoms with E-state index >= 15 is 0 Å². The van der Waals surface area contributed by atoms with Crippen LogP contribution in [-0.2, 0) is 0 Å². The van der Waals surface area contributed by atoms with Crippen molar-refractivity contribution in [3.63, 3.8) is 0 Å².